The summed E-state index contributed by atoms with van der Waals surface area (Å²) >= 11 is 0. The van der Waals surface area contributed by atoms with E-state index in [1.165, 1.54) is 0 Å². The number of ether oxygens (including phenoxy) is 1. The molecule has 2 unspecified atom stereocenters. The molecular weight excluding hydrogens is 170 g/mol. The van der Waals surface area contributed by atoms with Gasteiger partial charge in [-0.05, 0) is 20.3 Å². The summed E-state index contributed by atoms with van der Waals surface area (Å²) in [5.74, 6) is -0.625. The second-order valence-corrected chi connectivity index (χ2v) is 3.47. The number of hydrogen-bond donors (Lipinski definition) is 2. The third kappa shape index (κ3) is 2.67. The normalized spacial score (nSPS) is 34.2. The van der Waals surface area contributed by atoms with Gasteiger partial charge in [-0.25, -0.2) is 0 Å². The highest BCUT2D eigenvalue weighted by Gasteiger charge is 2.33. The molecule has 0 spiro atoms. The third-order valence-electron chi connectivity index (χ3n) is 2.34. The Hall–Kier alpha value is -0.610. The van der Waals surface area contributed by atoms with Gasteiger partial charge in [-0.15, -0.1) is 0 Å². The van der Waals surface area contributed by atoms with E-state index in [-0.39, 0.29) is 17.9 Å². The second-order valence-electron chi connectivity index (χ2n) is 3.47. The Morgan fingerprint density at radius 2 is 2.38 bits per heavy atom. The highest BCUT2D eigenvalue weighted by Crippen LogP contribution is 2.18. The minimum absolute atomic E-state index is 0.275. The first-order valence-corrected chi connectivity index (χ1v) is 4.73. The van der Waals surface area contributed by atoms with E-state index in [4.69, 9.17) is 4.74 Å². The van der Waals surface area contributed by atoms with Crippen LogP contribution in [0.25, 0.3) is 0 Å². The smallest absolute Gasteiger partial charge is 0.311 e. The van der Waals surface area contributed by atoms with Crippen molar-refractivity contribution < 1.29 is 14.6 Å². The van der Waals surface area contributed by atoms with E-state index in [0.717, 1.165) is 0 Å². The van der Waals surface area contributed by atoms with Gasteiger partial charge < -0.3 is 15.2 Å². The van der Waals surface area contributed by atoms with Crippen molar-refractivity contribution in [1.29, 1.82) is 0 Å². The largest absolute Gasteiger partial charge is 0.466 e. The lowest BCUT2D eigenvalue weighted by molar-refractivity contribution is -0.153. The van der Waals surface area contributed by atoms with Gasteiger partial charge in [0.25, 0.3) is 0 Å². The lowest BCUT2D eigenvalue weighted by atomic mass is 9.91. The van der Waals surface area contributed by atoms with Crippen LogP contribution in [0.3, 0.4) is 0 Å². The number of nitrogens with one attached hydrogen (secondary N) is 1. The maximum atomic E-state index is 11.3. The fraction of sp³-hybridized carbons (Fsp3) is 0.889. The molecule has 4 heteroatoms. The monoisotopic (exact) mass is 187 g/mol. The van der Waals surface area contributed by atoms with E-state index >= 15 is 0 Å². The number of aliphatic hydroxyl groups is 1. The first-order chi connectivity index (χ1) is 6.15. The Bertz CT molecular complexity index is 184. The zero-order valence-electron chi connectivity index (χ0n) is 8.12. The summed E-state index contributed by atoms with van der Waals surface area (Å²) in [6.07, 6.45) is 0.0512. The van der Waals surface area contributed by atoms with E-state index in [1.807, 2.05) is 6.92 Å². The van der Waals surface area contributed by atoms with Gasteiger partial charge in [-0.1, -0.05) is 0 Å². The predicted octanol–water partition coefficient (Wildman–Crippen LogP) is -0.0916. The Kier molecular flexibility index (Phi) is 3.69. The number of aliphatic hydroxyl groups excluding tert-OH is 1. The molecule has 3 atom stereocenters. The van der Waals surface area contributed by atoms with Crippen molar-refractivity contribution >= 4 is 5.97 Å². The highest BCUT2D eigenvalue weighted by molar-refractivity contribution is 5.73. The summed E-state index contributed by atoms with van der Waals surface area (Å²) in [5.41, 5.74) is 0. The molecule has 0 aromatic rings. The Balaban J connectivity index is 2.50. The fourth-order valence-corrected chi connectivity index (χ4v) is 1.59. The van der Waals surface area contributed by atoms with Crippen LogP contribution in [0.5, 0.6) is 0 Å². The molecule has 1 aliphatic rings. The topological polar surface area (TPSA) is 58.6 Å². The van der Waals surface area contributed by atoms with E-state index in [9.17, 15) is 9.90 Å². The molecular formula is C9H17NO3. The van der Waals surface area contributed by atoms with E-state index in [0.29, 0.717) is 19.6 Å². The summed E-state index contributed by atoms with van der Waals surface area (Å²) < 4.78 is 4.87. The molecule has 4 nitrogen and oxygen atoms in total. The van der Waals surface area contributed by atoms with Crippen molar-refractivity contribution in [3.63, 3.8) is 0 Å². The van der Waals surface area contributed by atoms with Gasteiger partial charge in [0.2, 0.25) is 0 Å². The highest BCUT2D eigenvalue weighted by atomic mass is 16.5. The molecule has 1 saturated heterocycles. The van der Waals surface area contributed by atoms with Crippen molar-refractivity contribution in [2.24, 2.45) is 5.92 Å². The van der Waals surface area contributed by atoms with Gasteiger partial charge in [0.05, 0.1) is 18.6 Å². The van der Waals surface area contributed by atoms with Crippen LogP contribution < -0.4 is 5.32 Å². The number of β-amino-alcohol motifs (C(OH)–C–C–N with tert-alkyl or cyclic N) is 1. The van der Waals surface area contributed by atoms with Crippen LogP contribution in [-0.4, -0.2) is 36.4 Å². The third-order valence-corrected chi connectivity index (χ3v) is 2.34. The molecule has 0 aromatic heterocycles. The summed E-state index contributed by atoms with van der Waals surface area (Å²) in [4.78, 5) is 11.3. The summed E-state index contributed by atoms with van der Waals surface area (Å²) in [7, 11) is 0. The Morgan fingerprint density at radius 3 is 3.00 bits per heavy atom. The maximum absolute atomic E-state index is 11.3. The lowest BCUT2D eigenvalue weighted by Crippen LogP contribution is -2.48. The first kappa shape index (κ1) is 10.5. The molecule has 1 aliphatic heterocycles. The average Bonchev–Trinajstić information content (AvgIpc) is 2.09. The standard InChI is InChI=1S/C9H17NO3/c1-3-13-9(12)7-4-6(2)10-5-8(7)11/h6-8,10-11H,3-5H2,1-2H3/t6-,7?,8?/m1/s1. The van der Waals surface area contributed by atoms with Crippen LogP contribution in [0.1, 0.15) is 20.3 Å². The SMILES string of the molecule is CCOC(=O)C1C[C@@H](C)NCC1O. The lowest BCUT2D eigenvalue weighted by Gasteiger charge is -2.30. The molecule has 0 aromatic carbocycles. The number of piperidine rings is 1. The fourth-order valence-electron chi connectivity index (χ4n) is 1.59. The van der Waals surface area contributed by atoms with Crippen molar-refractivity contribution in [2.75, 3.05) is 13.2 Å². The quantitative estimate of drug-likeness (QED) is 0.593. The zero-order valence-corrected chi connectivity index (χ0v) is 8.12. The Labute approximate surface area is 78.3 Å². The van der Waals surface area contributed by atoms with Gasteiger partial charge in [-0.2, -0.15) is 0 Å². The van der Waals surface area contributed by atoms with Gasteiger partial charge in [0.15, 0.2) is 0 Å². The molecule has 2 N–H and O–H groups in total. The van der Waals surface area contributed by atoms with Crippen molar-refractivity contribution in [2.45, 2.75) is 32.4 Å². The molecule has 0 saturated carbocycles. The number of carbonyl (C=O) groups excluding carboxylic acids is 1. The number of esters is 1. The molecule has 13 heavy (non-hydrogen) atoms. The number of rotatable bonds is 2. The van der Waals surface area contributed by atoms with Crippen molar-refractivity contribution in [1.82, 2.24) is 5.32 Å². The number of hydrogen-bond acceptors (Lipinski definition) is 4. The van der Waals surface area contributed by atoms with Crippen LogP contribution >= 0.6 is 0 Å². The van der Waals surface area contributed by atoms with Crippen molar-refractivity contribution in [3.05, 3.63) is 0 Å². The summed E-state index contributed by atoms with van der Waals surface area (Å²) in [6, 6.07) is 0.276. The molecule has 0 aliphatic carbocycles. The minimum Gasteiger partial charge on any atom is -0.466 e. The van der Waals surface area contributed by atoms with Crippen LogP contribution in [0, 0.1) is 5.92 Å². The molecule has 76 valence electrons. The van der Waals surface area contributed by atoms with E-state index < -0.39 is 6.10 Å². The maximum Gasteiger partial charge on any atom is 0.311 e. The Morgan fingerprint density at radius 1 is 1.69 bits per heavy atom. The predicted molar refractivity (Wildman–Crippen MR) is 48.2 cm³/mol. The van der Waals surface area contributed by atoms with Gasteiger partial charge >= 0.3 is 5.97 Å². The van der Waals surface area contributed by atoms with Gasteiger partial charge in [0.1, 0.15) is 0 Å². The minimum atomic E-state index is -0.602. The van der Waals surface area contributed by atoms with E-state index in [1.54, 1.807) is 6.92 Å². The molecule has 1 rings (SSSR count). The number of carbonyl (C=O) groups is 1. The molecule has 1 fully saturated rings. The van der Waals surface area contributed by atoms with Crippen LogP contribution in [0.15, 0.2) is 0 Å². The van der Waals surface area contributed by atoms with E-state index in [2.05, 4.69) is 5.32 Å². The summed E-state index contributed by atoms with van der Waals surface area (Å²) in [5, 5.41) is 12.6. The average molecular weight is 187 g/mol. The zero-order chi connectivity index (χ0) is 9.84. The van der Waals surface area contributed by atoms with Crippen LogP contribution in [-0.2, 0) is 9.53 Å². The first-order valence-electron chi connectivity index (χ1n) is 4.73. The van der Waals surface area contributed by atoms with Gasteiger partial charge in [0, 0.05) is 12.6 Å². The van der Waals surface area contributed by atoms with Gasteiger partial charge in [-0.3, -0.25) is 4.79 Å². The second kappa shape index (κ2) is 4.58. The van der Waals surface area contributed by atoms with Crippen molar-refractivity contribution in [3.8, 4) is 0 Å². The molecule has 0 bridgehead atoms. The summed E-state index contributed by atoms with van der Waals surface area (Å²) in [6.45, 7) is 4.63. The molecule has 0 amide bonds. The van der Waals surface area contributed by atoms with Crippen LogP contribution in [0.4, 0.5) is 0 Å². The molecule has 1 heterocycles. The molecule has 0 radical (unpaired) electrons. The van der Waals surface area contributed by atoms with Crippen LogP contribution in [0.2, 0.25) is 0 Å².